The molecule has 1 fully saturated rings. The molecule has 4 heterocycles. The van der Waals surface area contributed by atoms with Gasteiger partial charge in [-0.25, -0.2) is 0 Å². The number of carbonyl (C=O) groups excluding carboxylic acids is 1. The average molecular weight is 415 g/mol. The lowest BCUT2D eigenvalue weighted by atomic mass is 9.95. The molecule has 5 rings (SSSR count). The number of aromatic nitrogens is 5. The van der Waals surface area contributed by atoms with Crippen molar-refractivity contribution in [2.45, 2.75) is 38.6 Å². The maximum absolute atomic E-state index is 13.3. The van der Waals surface area contributed by atoms with Gasteiger partial charge in [-0.05, 0) is 37.0 Å². The van der Waals surface area contributed by atoms with Crippen molar-refractivity contribution < 1.29 is 4.79 Å². The normalized spacial score (nSPS) is 14.9. The first-order valence-corrected chi connectivity index (χ1v) is 10.9. The Morgan fingerprint density at radius 2 is 1.81 bits per heavy atom. The first-order valence-electron chi connectivity index (χ1n) is 10.9. The molecule has 3 aromatic heterocycles. The summed E-state index contributed by atoms with van der Waals surface area (Å²) in [6, 6.07) is 16.2. The second kappa shape index (κ2) is 8.34. The van der Waals surface area contributed by atoms with Gasteiger partial charge in [0, 0.05) is 25.2 Å². The van der Waals surface area contributed by atoms with Crippen LogP contribution in [0.3, 0.4) is 0 Å². The fraction of sp³-hybridized carbons (Fsp3) is 0.333. The van der Waals surface area contributed by atoms with Gasteiger partial charge in [0.2, 0.25) is 0 Å². The van der Waals surface area contributed by atoms with E-state index in [1.165, 1.54) is 5.56 Å². The van der Waals surface area contributed by atoms with Crippen LogP contribution in [0, 0.1) is 0 Å². The van der Waals surface area contributed by atoms with Crippen LogP contribution in [-0.2, 0) is 13.0 Å². The van der Waals surface area contributed by atoms with Gasteiger partial charge in [0.1, 0.15) is 5.82 Å². The number of carbonyl (C=O) groups is 1. The van der Waals surface area contributed by atoms with E-state index in [1.54, 1.807) is 6.20 Å². The van der Waals surface area contributed by atoms with E-state index < -0.39 is 0 Å². The topological polar surface area (TPSA) is 68.3 Å². The van der Waals surface area contributed by atoms with Crippen molar-refractivity contribution in [1.29, 1.82) is 0 Å². The van der Waals surface area contributed by atoms with E-state index in [9.17, 15) is 4.79 Å². The number of nitrogens with zero attached hydrogens (tertiary/aromatic N) is 6. The Morgan fingerprint density at radius 3 is 2.58 bits per heavy atom. The van der Waals surface area contributed by atoms with Gasteiger partial charge in [0.25, 0.3) is 5.91 Å². The van der Waals surface area contributed by atoms with E-state index in [-0.39, 0.29) is 5.91 Å². The van der Waals surface area contributed by atoms with Crippen LogP contribution >= 0.6 is 0 Å². The molecule has 158 valence electrons. The molecule has 0 spiro atoms. The van der Waals surface area contributed by atoms with Gasteiger partial charge in [-0.1, -0.05) is 43.3 Å². The van der Waals surface area contributed by atoms with Crippen LogP contribution in [0.2, 0.25) is 0 Å². The zero-order chi connectivity index (χ0) is 21.2. The second-order valence-electron chi connectivity index (χ2n) is 8.06. The van der Waals surface area contributed by atoms with Gasteiger partial charge >= 0.3 is 0 Å². The molecule has 7 heteroatoms. The molecule has 0 saturated carbocycles. The van der Waals surface area contributed by atoms with E-state index in [2.05, 4.69) is 38.8 Å². The van der Waals surface area contributed by atoms with Gasteiger partial charge in [0.05, 0.1) is 24.0 Å². The van der Waals surface area contributed by atoms with Gasteiger partial charge in [-0.15, -0.1) is 10.2 Å². The minimum atomic E-state index is 0.0840. The summed E-state index contributed by atoms with van der Waals surface area (Å²) in [5.74, 6) is 1.39. The van der Waals surface area contributed by atoms with Gasteiger partial charge in [-0.2, -0.15) is 5.10 Å². The molecule has 0 aliphatic carbocycles. The molecule has 0 bridgehead atoms. The molecule has 0 radical (unpaired) electrons. The Hall–Kier alpha value is -3.48. The van der Waals surface area contributed by atoms with Crippen LogP contribution in [0.25, 0.3) is 5.65 Å². The lowest BCUT2D eigenvalue weighted by Crippen LogP contribution is -2.38. The number of rotatable bonds is 5. The Balaban J connectivity index is 1.29. The minimum absolute atomic E-state index is 0.0840. The quantitative estimate of drug-likeness (QED) is 0.501. The van der Waals surface area contributed by atoms with Crippen molar-refractivity contribution in [3.63, 3.8) is 0 Å². The van der Waals surface area contributed by atoms with Crippen molar-refractivity contribution in [2.75, 3.05) is 13.1 Å². The van der Waals surface area contributed by atoms with Crippen molar-refractivity contribution in [1.82, 2.24) is 29.3 Å². The molecule has 1 aliphatic rings. The van der Waals surface area contributed by atoms with Gasteiger partial charge in [0.15, 0.2) is 5.65 Å². The first kappa shape index (κ1) is 19.5. The van der Waals surface area contributed by atoms with Crippen LogP contribution in [-0.4, -0.2) is 48.3 Å². The smallest absolute Gasteiger partial charge is 0.257 e. The van der Waals surface area contributed by atoms with E-state index in [0.717, 1.165) is 55.1 Å². The fourth-order valence-electron chi connectivity index (χ4n) is 4.50. The molecule has 0 atom stereocenters. The molecule has 0 unspecified atom stereocenters. The molecule has 1 saturated heterocycles. The number of benzene rings is 1. The molecule has 1 aromatic carbocycles. The number of pyridine rings is 1. The Labute approximate surface area is 181 Å². The van der Waals surface area contributed by atoms with Crippen LogP contribution in [0.4, 0.5) is 0 Å². The highest BCUT2D eigenvalue weighted by Gasteiger charge is 2.29. The zero-order valence-electron chi connectivity index (χ0n) is 17.7. The summed E-state index contributed by atoms with van der Waals surface area (Å²) >= 11 is 0. The van der Waals surface area contributed by atoms with Gasteiger partial charge in [-0.3, -0.25) is 13.9 Å². The van der Waals surface area contributed by atoms with Crippen molar-refractivity contribution in [3.05, 3.63) is 83.6 Å². The maximum Gasteiger partial charge on any atom is 0.257 e. The molecule has 31 heavy (non-hydrogen) atoms. The summed E-state index contributed by atoms with van der Waals surface area (Å²) in [4.78, 5) is 15.3. The largest absolute Gasteiger partial charge is 0.338 e. The molecule has 0 N–H and O–H groups in total. The van der Waals surface area contributed by atoms with Gasteiger partial charge < -0.3 is 4.90 Å². The molecule has 7 nitrogen and oxygen atoms in total. The lowest BCUT2D eigenvalue weighted by molar-refractivity contribution is 0.0709. The average Bonchev–Trinajstić information content (AvgIpc) is 3.43. The molecule has 1 amide bonds. The van der Waals surface area contributed by atoms with Crippen molar-refractivity contribution >= 4 is 11.6 Å². The molecular formula is C24H26N6O. The summed E-state index contributed by atoms with van der Waals surface area (Å²) in [6.07, 6.45) is 6.30. The summed E-state index contributed by atoms with van der Waals surface area (Å²) in [7, 11) is 0. The van der Waals surface area contributed by atoms with Crippen molar-refractivity contribution in [2.24, 2.45) is 0 Å². The highest BCUT2D eigenvalue weighted by Crippen LogP contribution is 2.28. The van der Waals surface area contributed by atoms with E-state index in [4.69, 9.17) is 0 Å². The second-order valence-corrected chi connectivity index (χ2v) is 8.06. The van der Waals surface area contributed by atoms with Crippen LogP contribution in [0.15, 0.2) is 60.9 Å². The third-order valence-electron chi connectivity index (χ3n) is 6.18. The summed E-state index contributed by atoms with van der Waals surface area (Å²) < 4.78 is 4.02. The van der Waals surface area contributed by atoms with E-state index in [1.807, 2.05) is 52.2 Å². The number of piperidine rings is 1. The molecule has 1 aliphatic heterocycles. The SMILES string of the molecule is CCc1c(C(=O)N2CCC(c3nnc4ccccn34)CC2)cnn1Cc1ccccc1. The number of fused-ring (bicyclic) bond motifs is 1. The summed E-state index contributed by atoms with van der Waals surface area (Å²) in [5.41, 5.74) is 3.78. The highest BCUT2D eigenvalue weighted by atomic mass is 16.2. The van der Waals surface area contributed by atoms with Crippen LogP contribution in [0.5, 0.6) is 0 Å². The monoisotopic (exact) mass is 414 g/mol. The Bertz CT molecular complexity index is 1190. The summed E-state index contributed by atoms with van der Waals surface area (Å²) in [6.45, 7) is 4.20. The van der Waals surface area contributed by atoms with Crippen molar-refractivity contribution in [3.8, 4) is 0 Å². The third-order valence-corrected chi connectivity index (χ3v) is 6.18. The number of likely N-dealkylation sites (tertiary alicyclic amines) is 1. The maximum atomic E-state index is 13.3. The Morgan fingerprint density at radius 1 is 1.03 bits per heavy atom. The van der Waals surface area contributed by atoms with Crippen LogP contribution in [0.1, 0.15) is 53.1 Å². The van der Waals surface area contributed by atoms with E-state index in [0.29, 0.717) is 12.5 Å². The minimum Gasteiger partial charge on any atom is -0.338 e. The highest BCUT2D eigenvalue weighted by molar-refractivity contribution is 5.95. The van der Waals surface area contributed by atoms with Crippen LogP contribution < -0.4 is 0 Å². The fourth-order valence-corrected chi connectivity index (χ4v) is 4.50. The number of hydrogen-bond acceptors (Lipinski definition) is 4. The van der Waals surface area contributed by atoms with E-state index >= 15 is 0 Å². The Kier molecular flexibility index (Phi) is 5.24. The predicted octanol–water partition coefficient (Wildman–Crippen LogP) is 3.56. The molecule has 4 aromatic rings. The molecular weight excluding hydrogens is 388 g/mol. The lowest BCUT2D eigenvalue weighted by Gasteiger charge is -2.31. The number of amides is 1. The third kappa shape index (κ3) is 3.71. The standard InChI is InChI=1S/C24H26N6O/c1-2-21-20(16-25-30(21)17-18-8-4-3-5-9-18)24(31)28-14-11-19(12-15-28)23-27-26-22-10-6-7-13-29(22)23/h3-10,13,16,19H,2,11-12,14-15,17H2,1H3. The number of hydrogen-bond donors (Lipinski definition) is 0. The summed E-state index contributed by atoms with van der Waals surface area (Å²) in [5, 5.41) is 13.2. The zero-order valence-corrected chi connectivity index (χ0v) is 17.7. The predicted molar refractivity (Wildman–Crippen MR) is 118 cm³/mol. The first-order chi connectivity index (χ1) is 15.2.